The lowest BCUT2D eigenvalue weighted by Gasteiger charge is -2.07. The maximum absolute atomic E-state index is 11.8. The lowest BCUT2D eigenvalue weighted by atomic mass is 10.1. The van der Waals surface area contributed by atoms with Gasteiger partial charge in [0.1, 0.15) is 5.75 Å². The number of hydrogen-bond acceptors (Lipinski definition) is 6. The van der Waals surface area contributed by atoms with E-state index < -0.39 is 0 Å². The summed E-state index contributed by atoms with van der Waals surface area (Å²) in [6.07, 6.45) is 0.281. The third kappa shape index (κ3) is 5.31. The molecule has 2 aromatic rings. The van der Waals surface area contributed by atoms with Crippen LogP contribution < -0.4 is 10.1 Å². The van der Waals surface area contributed by atoms with E-state index >= 15 is 0 Å². The van der Waals surface area contributed by atoms with Crippen LogP contribution in [0, 0.1) is 13.8 Å². The number of rotatable bonds is 7. The molecule has 22 heavy (non-hydrogen) atoms. The zero-order valence-electron chi connectivity index (χ0n) is 12.9. The first-order valence-corrected chi connectivity index (χ1v) is 8.84. The Morgan fingerprint density at radius 1 is 1.27 bits per heavy atom. The Kier molecular flexibility index (Phi) is 6.21. The van der Waals surface area contributed by atoms with Crippen LogP contribution >= 0.6 is 23.1 Å². The average molecular weight is 337 g/mol. The minimum absolute atomic E-state index is 0.117. The smallest absolute Gasteiger partial charge is 0.229 e. The first-order chi connectivity index (χ1) is 10.6. The van der Waals surface area contributed by atoms with Gasteiger partial charge in [-0.2, -0.15) is 0 Å². The lowest BCUT2D eigenvalue weighted by molar-refractivity contribution is -0.116. The quantitative estimate of drug-likeness (QED) is 0.617. The van der Waals surface area contributed by atoms with E-state index in [4.69, 9.17) is 4.74 Å². The second kappa shape index (κ2) is 8.14. The molecule has 2 rings (SSSR count). The van der Waals surface area contributed by atoms with Gasteiger partial charge in [-0.15, -0.1) is 10.2 Å². The highest BCUT2D eigenvalue weighted by Crippen LogP contribution is 2.25. The highest BCUT2D eigenvalue weighted by Gasteiger charge is 2.08. The maximum atomic E-state index is 11.8. The van der Waals surface area contributed by atoms with Gasteiger partial charge < -0.3 is 10.1 Å². The Balaban J connectivity index is 1.77. The number of nitrogens with one attached hydrogen (secondary N) is 1. The van der Waals surface area contributed by atoms with Gasteiger partial charge in [0.05, 0.1) is 13.0 Å². The number of aryl methyl sites for hydroxylation is 2. The molecule has 118 valence electrons. The molecule has 1 aromatic carbocycles. The second-order valence-corrected chi connectivity index (χ2v) is 7.26. The fourth-order valence-electron chi connectivity index (χ4n) is 1.90. The van der Waals surface area contributed by atoms with Crippen LogP contribution in [-0.2, 0) is 4.79 Å². The number of nitrogens with zero attached hydrogens (tertiary/aromatic N) is 2. The molecule has 0 aliphatic heterocycles. The molecule has 1 heterocycles. The van der Waals surface area contributed by atoms with E-state index in [-0.39, 0.29) is 12.3 Å². The zero-order chi connectivity index (χ0) is 15.9. The predicted molar refractivity (Wildman–Crippen MR) is 91.0 cm³/mol. The number of carbonyl (C=O) groups is 1. The molecule has 1 N–H and O–H groups in total. The fraction of sp³-hybridized carbons (Fsp3) is 0.400. The molecule has 1 aromatic heterocycles. The summed E-state index contributed by atoms with van der Waals surface area (Å²) in [5.41, 5.74) is 2.29. The number of ether oxygens (including phenoxy) is 1. The lowest BCUT2D eigenvalue weighted by Crippen LogP contribution is -2.15. The fourth-order valence-corrected chi connectivity index (χ4v) is 3.57. The van der Waals surface area contributed by atoms with Gasteiger partial charge >= 0.3 is 0 Å². The van der Waals surface area contributed by atoms with Gasteiger partial charge in [-0.05, 0) is 42.9 Å². The minimum atomic E-state index is -0.117. The van der Waals surface area contributed by atoms with Crippen LogP contribution in [0.4, 0.5) is 5.13 Å². The zero-order valence-corrected chi connectivity index (χ0v) is 14.5. The van der Waals surface area contributed by atoms with Gasteiger partial charge in [0.15, 0.2) is 4.34 Å². The molecule has 0 aliphatic carbocycles. The number of thioether (sulfide) groups is 1. The van der Waals surface area contributed by atoms with Crippen LogP contribution in [0.2, 0.25) is 0 Å². The standard InChI is InChI=1S/C15H19N3O2S2/c1-4-21-15-18-17-14(22-15)16-13(19)5-6-20-12-8-10(2)7-11(3)9-12/h7-9H,4-6H2,1-3H3,(H,16,17,19). The second-order valence-electron chi connectivity index (χ2n) is 4.78. The molecular weight excluding hydrogens is 318 g/mol. The molecule has 0 unspecified atom stereocenters. The van der Waals surface area contributed by atoms with Crippen molar-refractivity contribution < 1.29 is 9.53 Å². The normalized spacial score (nSPS) is 10.5. The Labute approximate surface area is 138 Å². The SMILES string of the molecule is CCSc1nnc(NC(=O)CCOc2cc(C)cc(C)c2)s1. The molecule has 0 aliphatic rings. The van der Waals surface area contributed by atoms with Crippen molar-refractivity contribution >= 4 is 34.1 Å². The molecular formula is C15H19N3O2S2. The molecule has 7 heteroatoms. The summed E-state index contributed by atoms with van der Waals surface area (Å²) in [6.45, 7) is 6.43. The Morgan fingerprint density at radius 2 is 2.00 bits per heavy atom. The first-order valence-electron chi connectivity index (χ1n) is 7.04. The van der Waals surface area contributed by atoms with Crippen LogP contribution in [-0.4, -0.2) is 28.5 Å². The topological polar surface area (TPSA) is 64.1 Å². The molecule has 0 spiro atoms. The summed E-state index contributed by atoms with van der Waals surface area (Å²) in [7, 11) is 0. The van der Waals surface area contributed by atoms with Crippen LogP contribution in [0.1, 0.15) is 24.5 Å². The van der Waals surface area contributed by atoms with Gasteiger partial charge in [-0.3, -0.25) is 4.79 Å². The summed E-state index contributed by atoms with van der Waals surface area (Å²) in [6, 6.07) is 6.01. The molecule has 0 radical (unpaired) electrons. The van der Waals surface area contributed by atoms with Crippen LogP contribution in [0.3, 0.4) is 0 Å². The van der Waals surface area contributed by atoms with Gasteiger partial charge in [0, 0.05) is 0 Å². The maximum Gasteiger partial charge on any atom is 0.229 e. The summed E-state index contributed by atoms with van der Waals surface area (Å²) in [5.74, 6) is 1.61. The van der Waals surface area contributed by atoms with Crippen molar-refractivity contribution in [3.05, 3.63) is 29.3 Å². The number of carbonyl (C=O) groups excluding carboxylic acids is 1. The summed E-state index contributed by atoms with van der Waals surface area (Å²) in [4.78, 5) is 11.8. The van der Waals surface area contributed by atoms with E-state index in [2.05, 4.69) is 28.5 Å². The van der Waals surface area contributed by atoms with Crippen molar-refractivity contribution in [2.24, 2.45) is 0 Å². The number of anilines is 1. The van der Waals surface area contributed by atoms with E-state index in [1.165, 1.54) is 11.3 Å². The summed E-state index contributed by atoms with van der Waals surface area (Å²) >= 11 is 3.00. The third-order valence-corrected chi connectivity index (χ3v) is 4.57. The molecule has 0 fully saturated rings. The number of hydrogen-bond donors (Lipinski definition) is 1. The van der Waals surface area contributed by atoms with Gasteiger partial charge in [-0.1, -0.05) is 36.1 Å². The molecule has 0 saturated carbocycles. The third-order valence-electron chi connectivity index (χ3n) is 2.71. The van der Waals surface area contributed by atoms with Gasteiger partial charge in [0.25, 0.3) is 0 Å². The van der Waals surface area contributed by atoms with E-state index in [0.29, 0.717) is 11.7 Å². The summed E-state index contributed by atoms with van der Waals surface area (Å²) in [5, 5.41) is 11.2. The molecule has 0 saturated heterocycles. The number of benzene rings is 1. The Bertz CT molecular complexity index is 623. The molecule has 1 amide bonds. The Hall–Kier alpha value is -1.60. The van der Waals surface area contributed by atoms with Gasteiger partial charge in [0.2, 0.25) is 11.0 Å². The first kappa shape index (κ1) is 16.8. The van der Waals surface area contributed by atoms with Crippen molar-refractivity contribution in [3.63, 3.8) is 0 Å². The average Bonchev–Trinajstić information content (AvgIpc) is 2.85. The monoisotopic (exact) mass is 337 g/mol. The van der Waals surface area contributed by atoms with Crippen LogP contribution in [0.15, 0.2) is 22.5 Å². The van der Waals surface area contributed by atoms with E-state index in [9.17, 15) is 4.79 Å². The molecule has 5 nitrogen and oxygen atoms in total. The van der Waals surface area contributed by atoms with E-state index in [0.717, 1.165) is 27.0 Å². The minimum Gasteiger partial charge on any atom is -0.493 e. The van der Waals surface area contributed by atoms with E-state index in [1.807, 2.05) is 26.0 Å². The number of amides is 1. The highest BCUT2D eigenvalue weighted by molar-refractivity contribution is 8.01. The molecule has 0 bridgehead atoms. The summed E-state index contributed by atoms with van der Waals surface area (Å²) < 4.78 is 6.49. The largest absolute Gasteiger partial charge is 0.493 e. The predicted octanol–water partition coefficient (Wildman–Crippen LogP) is 3.67. The molecule has 0 atom stereocenters. The number of aromatic nitrogens is 2. The van der Waals surface area contributed by atoms with Gasteiger partial charge in [-0.25, -0.2) is 0 Å². The van der Waals surface area contributed by atoms with Crippen LogP contribution in [0.5, 0.6) is 5.75 Å². The van der Waals surface area contributed by atoms with Crippen LogP contribution in [0.25, 0.3) is 0 Å². The van der Waals surface area contributed by atoms with Crippen molar-refractivity contribution in [1.82, 2.24) is 10.2 Å². The highest BCUT2D eigenvalue weighted by atomic mass is 32.2. The van der Waals surface area contributed by atoms with Crippen molar-refractivity contribution in [1.29, 1.82) is 0 Å². The van der Waals surface area contributed by atoms with Crippen molar-refractivity contribution in [2.45, 2.75) is 31.5 Å². The Morgan fingerprint density at radius 3 is 2.68 bits per heavy atom. The van der Waals surface area contributed by atoms with Crippen molar-refractivity contribution in [3.8, 4) is 5.75 Å². The van der Waals surface area contributed by atoms with Crippen molar-refractivity contribution in [2.75, 3.05) is 17.7 Å². The van der Waals surface area contributed by atoms with E-state index in [1.54, 1.807) is 11.8 Å².